The van der Waals surface area contributed by atoms with Crippen molar-refractivity contribution >= 4 is 23.6 Å². The minimum absolute atomic E-state index is 0.0577. The Bertz CT molecular complexity index is 1060. The number of carbonyl (C=O) groups is 2. The molecule has 0 aromatic carbocycles. The van der Waals surface area contributed by atoms with Crippen LogP contribution in [0.25, 0.3) is 0 Å². The first-order chi connectivity index (χ1) is 14.4. The molecule has 2 amide bonds. The van der Waals surface area contributed by atoms with Crippen molar-refractivity contribution in [2.45, 2.75) is 44.3 Å². The lowest BCUT2D eigenvalue weighted by Crippen LogP contribution is -2.47. The van der Waals surface area contributed by atoms with E-state index in [1.165, 1.54) is 4.90 Å². The van der Waals surface area contributed by atoms with Crippen LogP contribution in [0.3, 0.4) is 0 Å². The van der Waals surface area contributed by atoms with Crippen molar-refractivity contribution in [1.29, 1.82) is 0 Å². The highest BCUT2D eigenvalue weighted by atomic mass is 19.1. The van der Waals surface area contributed by atoms with E-state index in [9.17, 15) is 14.0 Å². The summed E-state index contributed by atoms with van der Waals surface area (Å²) in [4.78, 5) is 37.3. The van der Waals surface area contributed by atoms with Gasteiger partial charge in [-0.2, -0.15) is 0 Å². The van der Waals surface area contributed by atoms with Crippen LogP contribution in [-0.4, -0.2) is 40.8 Å². The molecule has 2 fully saturated rings. The number of ether oxygens (including phenoxy) is 1. The molecular formula is C21H22FN5O3. The number of pyridine rings is 2. The van der Waals surface area contributed by atoms with E-state index in [0.29, 0.717) is 23.8 Å². The maximum absolute atomic E-state index is 13.6. The second-order valence-electron chi connectivity index (χ2n) is 8.26. The van der Waals surface area contributed by atoms with Gasteiger partial charge in [-0.05, 0) is 38.0 Å². The number of fused-ring (bicyclic) bond motifs is 1. The van der Waals surface area contributed by atoms with Gasteiger partial charge in [0.15, 0.2) is 0 Å². The Hall–Kier alpha value is -3.07. The van der Waals surface area contributed by atoms with Gasteiger partial charge in [-0.1, -0.05) is 6.07 Å². The highest BCUT2D eigenvalue weighted by molar-refractivity contribution is 6.10. The molecule has 3 aliphatic rings. The van der Waals surface area contributed by atoms with Crippen molar-refractivity contribution in [2.24, 2.45) is 5.73 Å². The van der Waals surface area contributed by atoms with Crippen molar-refractivity contribution in [3.8, 4) is 0 Å². The zero-order valence-electron chi connectivity index (χ0n) is 16.6. The summed E-state index contributed by atoms with van der Waals surface area (Å²) < 4.78 is 18.7. The molecule has 30 heavy (non-hydrogen) atoms. The maximum Gasteiger partial charge on any atom is 0.416 e. The monoisotopic (exact) mass is 411 g/mol. The third kappa shape index (κ3) is 2.84. The van der Waals surface area contributed by atoms with Crippen molar-refractivity contribution in [3.63, 3.8) is 0 Å². The molecule has 1 saturated carbocycles. The van der Waals surface area contributed by atoms with Crippen LogP contribution >= 0.6 is 0 Å². The Balaban J connectivity index is 1.50. The van der Waals surface area contributed by atoms with Gasteiger partial charge in [-0.25, -0.2) is 19.1 Å². The number of rotatable bonds is 5. The van der Waals surface area contributed by atoms with Crippen molar-refractivity contribution in [2.75, 3.05) is 23.1 Å². The Kier molecular flexibility index (Phi) is 4.25. The Morgan fingerprint density at radius 2 is 2.03 bits per heavy atom. The highest BCUT2D eigenvalue weighted by Gasteiger charge is 2.46. The van der Waals surface area contributed by atoms with Gasteiger partial charge in [0.1, 0.15) is 30.5 Å². The summed E-state index contributed by atoms with van der Waals surface area (Å²) in [6, 6.07) is 6.86. The Morgan fingerprint density at radius 3 is 2.73 bits per heavy atom. The van der Waals surface area contributed by atoms with Crippen LogP contribution in [0.5, 0.6) is 0 Å². The number of cyclic esters (lactones) is 1. The zero-order valence-corrected chi connectivity index (χ0v) is 16.6. The van der Waals surface area contributed by atoms with Gasteiger partial charge < -0.3 is 10.5 Å². The van der Waals surface area contributed by atoms with E-state index in [0.717, 1.165) is 29.8 Å². The van der Waals surface area contributed by atoms with Crippen LogP contribution in [0.1, 0.15) is 53.0 Å². The molecule has 1 atom stereocenters. The second kappa shape index (κ2) is 6.73. The summed E-state index contributed by atoms with van der Waals surface area (Å²) >= 11 is 0. The standard InChI is InChI=1S/C21H22FN5O3/c1-21(10-22)11-30-20(29)27(21)18-4-2-3-17(25-18)26-9-14-13(19(26)28)7-15(12-5-6-12)24-16(14)8-23/h2-4,7,12H,5-6,8-11,23H2,1H3/t21-/m0/s1. The van der Waals surface area contributed by atoms with E-state index in [-0.39, 0.29) is 24.9 Å². The number of anilines is 2. The van der Waals surface area contributed by atoms with Crippen LogP contribution in [0.4, 0.5) is 20.8 Å². The molecule has 0 radical (unpaired) electrons. The number of nitrogens with two attached hydrogens (primary N) is 1. The Labute approximate surface area is 172 Å². The van der Waals surface area contributed by atoms with E-state index in [4.69, 9.17) is 10.5 Å². The molecule has 2 aromatic rings. The number of hydrogen-bond acceptors (Lipinski definition) is 6. The van der Waals surface area contributed by atoms with E-state index < -0.39 is 18.3 Å². The minimum atomic E-state index is -1.13. The maximum atomic E-state index is 13.6. The number of amides is 2. The first-order valence-corrected chi connectivity index (χ1v) is 10.00. The fourth-order valence-corrected chi connectivity index (χ4v) is 4.05. The van der Waals surface area contributed by atoms with Gasteiger partial charge in [-0.3, -0.25) is 14.7 Å². The molecule has 2 N–H and O–H groups in total. The van der Waals surface area contributed by atoms with E-state index in [2.05, 4.69) is 9.97 Å². The van der Waals surface area contributed by atoms with Crippen molar-refractivity contribution < 1.29 is 18.7 Å². The van der Waals surface area contributed by atoms with E-state index in [1.807, 2.05) is 6.07 Å². The molecule has 5 rings (SSSR count). The van der Waals surface area contributed by atoms with Gasteiger partial charge in [0.2, 0.25) is 0 Å². The largest absolute Gasteiger partial charge is 0.446 e. The fraction of sp³-hybridized carbons (Fsp3) is 0.429. The number of alkyl halides is 1. The topological polar surface area (TPSA) is 102 Å². The third-order valence-corrected chi connectivity index (χ3v) is 5.95. The predicted octanol–water partition coefficient (Wildman–Crippen LogP) is 2.66. The van der Waals surface area contributed by atoms with Crippen LogP contribution in [0.15, 0.2) is 24.3 Å². The summed E-state index contributed by atoms with van der Waals surface area (Å²) in [5.41, 5.74) is 7.85. The van der Waals surface area contributed by atoms with Crippen LogP contribution < -0.4 is 15.5 Å². The average Bonchev–Trinajstić information content (AvgIpc) is 3.50. The first kappa shape index (κ1) is 18.9. The summed E-state index contributed by atoms with van der Waals surface area (Å²) in [5, 5.41) is 0. The molecular weight excluding hydrogens is 389 g/mol. The third-order valence-electron chi connectivity index (χ3n) is 5.95. The minimum Gasteiger partial charge on any atom is -0.446 e. The number of nitrogens with zero attached hydrogens (tertiary/aromatic N) is 4. The molecule has 0 unspecified atom stereocenters. The van der Waals surface area contributed by atoms with E-state index in [1.54, 1.807) is 30.0 Å². The van der Waals surface area contributed by atoms with Gasteiger partial charge in [0.05, 0.1) is 12.2 Å². The summed E-state index contributed by atoms with van der Waals surface area (Å²) in [5.74, 6) is 0.856. The lowest BCUT2D eigenvalue weighted by molar-refractivity contribution is 0.0995. The first-order valence-electron chi connectivity index (χ1n) is 10.00. The van der Waals surface area contributed by atoms with Gasteiger partial charge in [-0.15, -0.1) is 0 Å². The molecule has 2 aromatic heterocycles. The van der Waals surface area contributed by atoms with Gasteiger partial charge in [0.25, 0.3) is 5.91 Å². The van der Waals surface area contributed by atoms with Gasteiger partial charge in [0, 0.05) is 29.3 Å². The smallest absolute Gasteiger partial charge is 0.416 e. The number of aromatic nitrogens is 2. The quantitative estimate of drug-likeness (QED) is 0.812. The second-order valence-corrected chi connectivity index (χ2v) is 8.26. The summed E-state index contributed by atoms with van der Waals surface area (Å²) in [7, 11) is 0. The number of carbonyl (C=O) groups excluding carboxylic acids is 2. The summed E-state index contributed by atoms with van der Waals surface area (Å²) in [6.07, 6.45) is 1.51. The lowest BCUT2D eigenvalue weighted by atomic mass is 10.1. The SMILES string of the molecule is C[C@]1(CF)COC(=O)N1c1cccc(N2Cc3c(cc(C4CC4)nc3CN)C2=O)n1. The number of halogens is 1. The molecule has 0 bridgehead atoms. The van der Waals surface area contributed by atoms with Crippen LogP contribution in [0, 0.1) is 0 Å². The highest BCUT2D eigenvalue weighted by Crippen LogP contribution is 2.41. The fourth-order valence-electron chi connectivity index (χ4n) is 4.05. The number of hydrogen-bond donors (Lipinski definition) is 1. The summed E-state index contributed by atoms with van der Waals surface area (Å²) in [6.45, 7) is 1.33. The predicted molar refractivity (Wildman–Crippen MR) is 107 cm³/mol. The van der Waals surface area contributed by atoms with E-state index >= 15 is 0 Å². The molecule has 1 aliphatic carbocycles. The normalized spacial score (nSPS) is 23.2. The Morgan fingerprint density at radius 1 is 1.27 bits per heavy atom. The van der Waals surface area contributed by atoms with Crippen LogP contribution in [-0.2, 0) is 17.8 Å². The molecule has 1 saturated heterocycles. The molecule has 8 nitrogen and oxygen atoms in total. The molecule has 0 spiro atoms. The molecule has 156 valence electrons. The molecule has 4 heterocycles. The van der Waals surface area contributed by atoms with Crippen molar-refractivity contribution in [1.82, 2.24) is 9.97 Å². The van der Waals surface area contributed by atoms with Crippen molar-refractivity contribution in [3.05, 3.63) is 46.8 Å². The van der Waals surface area contributed by atoms with Gasteiger partial charge >= 0.3 is 6.09 Å². The molecule has 9 heteroatoms. The molecule has 2 aliphatic heterocycles. The lowest BCUT2D eigenvalue weighted by Gasteiger charge is -2.28. The average molecular weight is 411 g/mol. The zero-order chi connectivity index (χ0) is 21.0. The van der Waals surface area contributed by atoms with Crippen LogP contribution in [0.2, 0.25) is 0 Å².